The average Bonchev–Trinajstić information content (AvgIpc) is 2.31. The average molecular weight is 207 g/mol. The van der Waals surface area contributed by atoms with Crippen LogP contribution < -0.4 is 10.5 Å². The second-order valence-electron chi connectivity index (χ2n) is 3.85. The minimum Gasteiger partial charge on any atom is -0.497 e. The molecule has 1 atom stereocenters. The Morgan fingerprint density at radius 3 is 2.40 bits per heavy atom. The Balaban J connectivity index is 2.65. The molecule has 2 heteroatoms. The molecule has 0 saturated carbocycles. The van der Waals surface area contributed by atoms with Crippen LogP contribution in [0.15, 0.2) is 24.3 Å². The van der Waals surface area contributed by atoms with Gasteiger partial charge in [-0.15, -0.1) is 0 Å². The van der Waals surface area contributed by atoms with Crippen molar-refractivity contribution in [1.29, 1.82) is 0 Å². The predicted molar refractivity (Wildman–Crippen MR) is 64.3 cm³/mol. The summed E-state index contributed by atoms with van der Waals surface area (Å²) in [6, 6.07) is 8.24. The zero-order valence-corrected chi connectivity index (χ0v) is 9.70. The Bertz CT molecular complexity index is 268. The summed E-state index contributed by atoms with van der Waals surface area (Å²) in [5.74, 6) is 1.40. The van der Waals surface area contributed by atoms with Crippen molar-refractivity contribution < 1.29 is 4.74 Å². The lowest BCUT2D eigenvalue weighted by Gasteiger charge is -2.14. The number of nitrogens with two attached hydrogens (primary N) is 1. The SMILES string of the molecule is CCCCC(CN)c1ccc(OC)cc1. The van der Waals surface area contributed by atoms with Crippen molar-refractivity contribution in [2.45, 2.75) is 32.1 Å². The summed E-state index contributed by atoms with van der Waals surface area (Å²) in [5, 5.41) is 0. The Morgan fingerprint density at radius 2 is 1.93 bits per heavy atom. The molecule has 1 aromatic rings. The summed E-state index contributed by atoms with van der Waals surface area (Å²) < 4.78 is 5.13. The molecule has 0 bridgehead atoms. The standard InChI is InChI=1S/C13H21NO/c1-3-4-5-12(10-14)11-6-8-13(15-2)9-7-11/h6-9,12H,3-5,10,14H2,1-2H3. The number of methoxy groups -OCH3 is 1. The quantitative estimate of drug-likeness (QED) is 0.778. The third kappa shape index (κ3) is 3.56. The minimum atomic E-state index is 0.496. The van der Waals surface area contributed by atoms with E-state index in [4.69, 9.17) is 10.5 Å². The molecule has 0 saturated heterocycles. The van der Waals surface area contributed by atoms with Crippen molar-refractivity contribution in [3.63, 3.8) is 0 Å². The maximum Gasteiger partial charge on any atom is 0.118 e. The predicted octanol–water partition coefficient (Wildman–Crippen LogP) is 2.93. The summed E-state index contributed by atoms with van der Waals surface area (Å²) >= 11 is 0. The summed E-state index contributed by atoms with van der Waals surface area (Å²) in [6.45, 7) is 2.94. The van der Waals surface area contributed by atoms with Crippen molar-refractivity contribution in [2.75, 3.05) is 13.7 Å². The van der Waals surface area contributed by atoms with E-state index in [1.165, 1.54) is 24.8 Å². The van der Waals surface area contributed by atoms with Crippen LogP contribution in [0.4, 0.5) is 0 Å². The topological polar surface area (TPSA) is 35.2 Å². The molecule has 15 heavy (non-hydrogen) atoms. The van der Waals surface area contributed by atoms with Crippen LogP contribution in [0, 0.1) is 0 Å². The molecule has 0 radical (unpaired) electrons. The fourth-order valence-electron chi connectivity index (χ4n) is 1.75. The van der Waals surface area contributed by atoms with Crippen LogP contribution >= 0.6 is 0 Å². The van der Waals surface area contributed by atoms with Crippen molar-refractivity contribution >= 4 is 0 Å². The van der Waals surface area contributed by atoms with Gasteiger partial charge in [0.1, 0.15) is 5.75 Å². The number of ether oxygens (including phenoxy) is 1. The molecule has 0 aliphatic rings. The van der Waals surface area contributed by atoms with Crippen molar-refractivity contribution in [1.82, 2.24) is 0 Å². The smallest absolute Gasteiger partial charge is 0.118 e. The molecule has 1 rings (SSSR count). The van der Waals surface area contributed by atoms with Gasteiger partial charge >= 0.3 is 0 Å². The Labute approximate surface area is 92.4 Å². The largest absolute Gasteiger partial charge is 0.497 e. The van der Waals surface area contributed by atoms with Crippen molar-refractivity contribution in [3.05, 3.63) is 29.8 Å². The summed E-state index contributed by atoms with van der Waals surface area (Å²) in [4.78, 5) is 0. The van der Waals surface area contributed by atoms with Gasteiger partial charge in [-0.25, -0.2) is 0 Å². The van der Waals surface area contributed by atoms with Crippen LogP contribution in [-0.4, -0.2) is 13.7 Å². The Morgan fingerprint density at radius 1 is 1.27 bits per heavy atom. The normalized spacial score (nSPS) is 12.5. The highest BCUT2D eigenvalue weighted by molar-refractivity contribution is 5.29. The zero-order valence-electron chi connectivity index (χ0n) is 9.70. The van der Waals surface area contributed by atoms with E-state index in [0.29, 0.717) is 5.92 Å². The molecular weight excluding hydrogens is 186 g/mol. The number of benzene rings is 1. The fourth-order valence-corrected chi connectivity index (χ4v) is 1.75. The monoisotopic (exact) mass is 207 g/mol. The van der Waals surface area contributed by atoms with E-state index in [0.717, 1.165) is 12.3 Å². The van der Waals surface area contributed by atoms with E-state index in [1.807, 2.05) is 12.1 Å². The number of unbranched alkanes of at least 4 members (excludes halogenated alkanes) is 1. The highest BCUT2D eigenvalue weighted by Crippen LogP contribution is 2.23. The number of rotatable bonds is 6. The molecule has 84 valence electrons. The molecule has 1 aromatic carbocycles. The first-order chi connectivity index (χ1) is 7.31. The maximum absolute atomic E-state index is 5.78. The van der Waals surface area contributed by atoms with E-state index in [1.54, 1.807) is 7.11 Å². The summed E-state index contributed by atoms with van der Waals surface area (Å²) in [5.41, 5.74) is 7.11. The van der Waals surface area contributed by atoms with Gasteiger partial charge in [-0.1, -0.05) is 31.9 Å². The van der Waals surface area contributed by atoms with Crippen LogP contribution in [0.5, 0.6) is 5.75 Å². The lowest BCUT2D eigenvalue weighted by molar-refractivity contribution is 0.414. The molecule has 0 spiro atoms. The molecule has 0 aliphatic heterocycles. The van der Waals surface area contributed by atoms with Gasteiger partial charge in [0.2, 0.25) is 0 Å². The van der Waals surface area contributed by atoms with E-state index in [2.05, 4.69) is 19.1 Å². The Hall–Kier alpha value is -1.02. The lowest BCUT2D eigenvalue weighted by atomic mass is 9.94. The molecule has 0 fully saturated rings. The molecular formula is C13H21NO. The van der Waals surface area contributed by atoms with Gasteiger partial charge in [0.25, 0.3) is 0 Å². The fraction of sp³-hybridized carbons (Fsp3) is 0.538. The van der Waals surface area contributed by atoms with Gasteiger partial charge in [-0.2, -0.15) is 0 Å². The second kappa shape index (κ2) is 6.46. The second-order valence-corrected chi connectivity index (χ2v) is 3.85. The van der Waals surface area contributed by atoms with Crippen LogP contribution in [0.1, 0.15) is 37.7 Å². The highest BCUT2D eigenvalue weighted by atomic mass is 16.5. The molecule has 2 nitrogen and oxygen atoms in total. The first kappa shape index (κ1) is 12.1. The Kier molecular flexibility index (Phi) is 5.19. The number of hydrogen-bond donors (Lipinski definition) is 1. The first-order valence-electron chi connectivity index (χ1n) is 5.65. The third-order valence-electron chi connectivity index (χ3n) is 2.78. The van der Waals surface area contributed by atoms with Gasteiger partial charge < -0.3 is 10.5 Å². The number of hydrogen-bond acceptors (Lipinski definition) is 2. The molecule has 1 unspecified atom stereocenters. The highest BCUT2D eigenvalue weighted by Gasteiger charge is 2.08. The minimum absolute atomic E-state index is 0.496. The van der Waals surface area contributed by atoms with Crippen molar-refractivity contribution in [2.24, 2.45) is 5.73 Å². The lowest BCUT2D eigenvalue weighted by Crippen LogP contribution is -2.12. The molecule has 2 N–H and O–H groups in total. The van der Waals surface area contributed by atoms with Crippen molar-refractivity contribution in [3.8, 4) is 5.75 Å². The van der Waals surface area contributed by atoms with E-state index in [-0.39, 0.29) is 0 Å². The van der Waals surface area contributed by atoms with Crippen LogP contribution in [0.3, 0.4) is 0 Å². The van der Waals surface area contributed by atoms with Gasteiger partial charge in [0, 0.05) is 0 Å². The van der Waals surface area contributed by atoms with E-state index < -0.39 is 0 Å². The van der Waals surface area contributed by atoms with E-state index in [9.17, 15) is 0 Å². The molecule has 0 heterocycles. The molecule has 0 amide bonds. The van der Waals surface area contributed by atoms with Gasteiger partial charge in [0.15, 0.2) is 0 Å². The van der Waals surface area contributed by atoms with Crippen LogP contribution in [0.25, 0.3) is 0 Å². The van der Waals surface area contributed by atoms with E-state index >= 15 is 0 Å². The maximum atomic E-state index is 5.78. The molecule has 0 aromatic heterocycles. The van der Waals surface area contributed by atoms with Crippen LogP contribution in [-0.2, 0) is 0 Å². The zero-order chi connectivity index (χ0) is 11.1. The third-order valence-corrected chi connectivity index (χ3v) is 2.78. The van der Waals surface area contributed by atoms with Gasteiger partial charge in [-0.05, 0) is 36.6 Å². The first-order valence-corrected chi connectivity index (χ1v) is 5.65. The summed E-state index contributed by atoms with van der Waals surface area (Å²) in [7, 11) is 1.69. The molecule has 0 aliphatic carbocycles. The van der Waals surface area contributed by atoms with Gasteiger partial charge in [0.05, 0.1) is 7.11 Å². The summed E-state index contributed by atoms with van der Waals surface area (Å²) in [6.07, 6.45) is 3.65. The van der Waals surface area contributed by atoms with Crippen LogP contribution in [0.2, 0.25) is 0 Å². The van der Waals surface area contributed by atoms with Gasteiger partial charge in [-0.3, -0.25) is 0 Å².